The molecule has 0 aromatic carbocycles. The maximum atomic E-state index is 5.81. The summed E-state index contributed by atoms with van der Waals surface area (Å²) in [7, 11) is 1.58. The van der Waals surface area contributed by atoms with Crippen LogP contribution in [0.5, 0.6) is 5.88 Å². The summed E-state index contributed by atoms with van der Waals surface area (Å²) < 4.78 is 10.4. The van der Waals surface area contributed by atoms with Gasteiger partial charge in [-0.15, -0.1) is 0 Å². The second-order valence-electron chi connectivity index (χ2n) is 3.58. The molecule has 0 saturated carbocycles. The van der Waals surface area contributed by atoms with E-state index in [0.717, 1.165) is 0 Å². The van der Waals surface area contributed by atoms with Gasteiger partial charge in [0.25, 0.3) is 0 Å². The zero-order valence-electron chi connectivity index (χ0n) is 9.16. The van der Waals surface area contributed by atoms with Crippen molar-refractivity contribution in [1.29, 1.82) is 0 Å². The monoisotopic (exact) mass is 230 g/mol. The fourth-order valence-corrected chi connectivity index (χ4v) is 1.15. The van der Waals surface area contributed by atoms with Crippen molar-refractivity contribution in [1.82, 2.24) is 9.97 Å². The standard InChI is InChI=1S/C10H15ClN2O2/c1-7(2)5-15-10-4-8(11)12-9(13-10)6-14-3/h4,7H,5-6H2,1-3H3. The molecule has 0 bridgehead atoms. The molecule has 84 valence electrons. The highest BCUT2D eigenvalue weighted by atomic mass is 35.5. The molecule has 0 amide bonds. The quantitative estimate of drug-likeness (QED) is 0.729. The fourth-order valence-electron chi connectivity index (χ4n) is 0.962. The molecule has 0 radical (unpaired) electrons. The predicted molar refractivity (Wildman–Crippen MR) is 58.1 cm³/mol. The van der Waals surface area contributed by atoms with Gasteiger partial charge in [-0.25, -0.2) is 4.98 Å². The van der Waals surface area contributed by atoms with Gasteiger partial charge in [-0.3, -0.25) is 0 Å². The summed E-state index contributed by atoms with van der Waals surface area (Å²) in [5.41, 5.74) is 0. The first-order chi connectivity index (χ1) is 7.11. The van der Waals surface area contributed by atoms with Gasteiger partial charge < -0.3 is 9.47 Å². The van der Waals surface area contributed by atoms with Crippen LogP contribution in [0, 0.1) is 5.92 Å². The van der Waals surface area contributed by atoms with Gasteiger partial charge in [0, 0.05) is 13.2 Å². The third kappa shape index (κ3) is 4.44. The number of hydrogen-bond donors (Lipinski definition) is 0. The van der Waals surface area contributed by atoms with Crippen molar-refractivity contribution in [2.75, 3.05) is 13.7 Å². The van der Waals surface area contributed by atoms with Crippen molar-refractivity contribution < 1.29 is 9.47 Å². The largest absolute Gasteiger partial charge is 0.477 e. The molecule has 1 aromatic rings. The van der Waals surface area contributed by atoms with Crippen LogP contribution in [0.4, 0.5) is 0 Å². The smallest absolute Gasteiger partial charge is 0.218 e. The SMILES string of the molecule is COCc1nc(Cl)cc(OCC(C)C)n1. The Labute approximate surface area is 94.6 Å². The molecule has 0 aliphatic heterocycles. The number of ether oxygens (including phenoxy) is 2. The molecular weight excluding hydrogens is 216 g/mol. The van der Waals surface area contributed by atoms with E-state index >= 15 is 0 Å². The number of nitrogens with zero attached hydrogens (tertiary/aromatic N) is 2. The van der Waals surface area contributed by atoms with E-state index in [1.807, 2.05) is 0 Å². The zero-order valence-corrected chi connectivity index (χ0v) is 9.91. The van der Waals surface area contributed by atoms with Crippen LogP contribution in [0.3, 0.4) is 0 Å². The maximum absolute atomic E-state index is 5.81. The van der Waals surface area contributed by atoms with Crippen LogP contribution >= 0.6 is 11.6 Å². The number of halogens is 1. The summed E-state index contributed by atoms with van der Waals surface area (Å²) in [6, 6.07) is 1.60. The van der Waals surface area contributed by atoms with Crippen LogP contribution in [0.15, 0.2) is 6.07 Å². The highest BCUT2D eigenvalue weighted by Crippen LogP contribution is 2.14. The molecule has 5 heteroatoms. The van der Waals surface area contributed by atoms with E-state index < -0.39 is 0 Å². The van der Waals surface area contributed by atoms with E-state index in [0.29, 0.717) is 36.0 Å². The number of methoxy groups -OCH3 is 1. The molecule has 0 aliphatic rings. The van der Waals surface area contributed by atoms with Crippen molar-refractivity contribution in [3.63, 3.8) is 0 Å². The summed E-state index contributed by atoms with van der Waals surface area (Å²) in [4.78, 5) is 8.15. The van der Waals surface area contributed by atoms with Gasteiger partial charge in [-0.05, 0) is 5.92 Å². The molecule has 4 nitrogen and oxygen atoms in total. The molecule has 0 spiro atoms. The van der Waals surface area contributed by atoms with Crippen molar-refractivity contribution >= 4 is 11.6 Å². The van der Waals surface area contributed by atoms with E-state index in [4.69, 9.17) is 21.1 Å². The molecule has 0 atom stereocenters. The first-order valence-corrected chi connectivity index (χ1v) is 5.14. The second-order valence-corrected chi connectivity index (χ2v) is 3.97. The average Bonchev–Trinajstić information content (AvgIpc) is 2.14. The number of hydrogen-bond acceptors (Lipinski definition) is 4. The number of rotatable bonds is 5. The van der Waals surface area contributed by atoms with Gasteiger partial charge in [-0.1, -0.05) is 25.4 Å². The third-order valence-electron chi connectivity index (χ3n) is 1.56. The first-order valence-electron chi connectivity index (χ1n) is 4.77. The topological polar surface area (TPSA) is 44.2 Å². The lowest BCUT2D eigenvalue weighted by Crippen LogP contribution is -2.07. The molecule has 15 heavy (non-hydrogen) atoms. The molecule has 0 unspecified atom stereocenters. The van der Waals surface area contributed by atoms with Crippen LogP contribution in [-0.4, -0.2) is 23.7 Å². The Kier molecular flexibility index (Phi) is 4.78. The Morgan fingerprint density at radius 3 is 2.73 bits per heavy atom. The molecule has 0 N–H and O–H groups in total. The van der Waals surface area contributed by atoms with Crippen LogP contribution in [0.1, 0.15) is 19.7 Å². The molecule has 1 rings (SSSR count). The molecule has 0 fully saturated rings. The van der Waals surface area contributed by atoms with Crippen molar-refractivity contribution in [2.45, 2.75) is 20.5 Å². The molecule has 1 aromatic heterocycles. The van der Waals surface area contributed by atoms with Crippen molar-refractivity contribution in [3.8, 4) is 5.88 Å². The van der Waals surface area contributed by atoms with Gasteiger partial charge in [0.2, 0.25) is 5.88 Å². The van der Waals surface area contributed by atoms with E-state index in [2.05, 4.69) is 23.8 Å². The highest BCUT2D eigenvalue weighted by Gasteiger charge is 2.04. The van der Waals surface area contributed by atoms with E-state index in [-0.39, 0.29) is 0 Å². The van der Waals surface area contributed by atoms with Crippen LogP contribution in [0.2, 0.25) is 5.15 Å². The summed E-state index contributed by atoms with van der Waals surface area (Å²) in [6.45, 7) is 5.08. The predicted octanol–water partition coefficient (Wildman–Crippen LogP) is 2.31. The van der Waals surface area contributed by atoms with Crippen LogP contribution in [-0.2, 0) is 11.3 Å². The Balaban J connectivity index is 2.70. The Bertz CT molecular complexity index is 318. The van der Waals surface area contributed by atoms with E-state index in [1.54, 1.807) is 13.2 Å². The Hall–Kier alpha value is -0.870. The number of aromatic nitrogens is 2. The summed E-state index contributed by atoms with van der Waals surface area (Å²) in [5.74, 6) is 1.48. The van der Waals surface area contributed by atoms with Crippen molar-refractivity contribution in [3.05, 3.63) is 17.0 Å². The molecule has 0 aliphatic carbocycles. The normalized spacial score (nSPS) is 10.7. The Morgan fingerprint density at radius 2 is 2.13 bits per heavy atom. The molecule has 0 saturated heterocycles. The lowest BCUT2D eigenvalue weighted by molar-refractivity contribution is 0.175. The third-order valence-corrected chi connectivity index (χ3v) is 1.75. The molecular formula is C10H15ClN2O2. The minimum atomic E-state index is 0.332. The summed E-state index contributed by atoms with van der Waals surface area (Å²) in [6.07, 6.45) is 0. The van der Waals surface area contributed by atoms with E-state index in [9.17, 15) is 0 Å². The minimum Gasteiger partial charge on any atom is -0.477 e. The fraction of sp³-hybridized carbons (Fsp3) is 0.600. The van der Waals surface area contributed by atoms with E-state index in [1.165, 1.54) is 0 Å². The lowest BCUT2D eigenvalue weighted by Gasteiger charge is -2.08. The second kappa shape index (κ2) is 5.88. The first kappa shape index (κ1) is 12.2. The summed E-state index contributed by atoms with van der Waals surface area (Å²) >= 11 is 5.81. The van der Waals surface area contributed by atoms with Gasteiger partial charge in [0.05, 0.1) is 6.61 Å². The minimum absolute atomic E-state index is 0.332. The zero-order chi connectivity index (χ0) is 11.3. The van der Waals surface area contributed by atoms with Gasteiger partial charge in [0.1, 0.15) is 11.8 Å². The van der Waals surface area contributed by atoms with Gasteiger partial charge >= 0.3 is 0 Å². The van der Waals surface area contributed by atoms with Gasteiger partial charge in [-0.2, -0.15) is 4.98 Å². The van der Waals surface area contributed by atoms with Crippen molar-refractivity contribution in [2.24, 2.45) is 5.92 Å². The average molecular weight is 231 g/mol. The summed E-state index contributed by atoms with van der Waals surface area (Å²) in [5, 5.41) is 0.371. The lowest BCUT2D eigenvalue weighted by atomic mass is 10.2. The Morgan fingerprint density at radius 1 is 1.40 bits per heavy atom. The van der Waals surface area contributed by atoms with Gasteiger partial charge in [0.15, 0.2) is 5.82 Å². The molecule has 1 heterocycles. The maximum Gasteiger partial charge on any atom is 0.218 e. The van der Waals surface area contributed by atoms with Crippen LogP contribution < -0.4 is 4.74 Å². The van der Waals surface area contributed by atoms with Crippen LogP contribution in [0.25, 0.3) is 0 Å². The highest BCUT2D eigenvalue weighted by molar-refractivity contribution is 6.29.